The zero-order valence-corrected chi connectivity index (χ0v) is 10.7. The van der Waals surface area contributed by atoms with Crippen molar-refractivity contribution in [3.63, 3.8) is 0 Å². The molecule has 0 unspecified atom stereocenters. The second-order valence-corrected chi connectivity index (χ2v) is 7.37. The summed E-state index contributed by atoms with van der Waals surface area (Å²) in [5.41, 5.74) is 0.756. The van der Waals surface area contributed by atoms with E-state index in [-0.39, 0.29) is 0 Å². The van der Waals surface area contributed by atoms with Crippen LogP contribution < -0.4 is 0 Å². The molecule has 0 aliphatic carbocycles. The number of hydrogen-bond acceptors (Lipinski definition) is 2. The van der Waals surface area contributed by atoms with Crippen LogP contribution in [0.2, 0.25) is 12.6 Å². The molecule has 0 N–H and O–H groups in total. The van der Waals surface area contributed by atoms with E-state index in [9.17, 15) is 8.78 Å². The fourth-order valence-electron chi connectivity index (χ4n) is 1.35. The highest BCUT2D eigenvalue weighted by molar-refractivity contribution is 6.65. The van der Waals surface area contributed by atoms with Gasteiger partial charge in [-0.2, -0.15) is 0 Å². The van der Waals surface area contributed by atoms with Gasteiger partial charge in [-0.05, 0) is 36.7 Å². The SMILES string of the molecule is CO[Si](C)(CCc1ccc(F)c(F)c1)OC. The Morgan fingerprint density at radius 1 is 1.12 bits per heavy atom. The molecule has 0 atom stereocenters. The van der Waals surface area contributed by atoms with E-state index in [1.807, 2.05) is 6.55 Å². The smallest absolute Gasteiger partial charge is 0.334 e. The number of hydrogen-bond donors (Lipinski definition) is 0. The molecule has 2 nitrogen and oxygen atoms in total. The Labute approximate surface area is 95.4 Å². The van der Waals surface area contributed by atoms with Gasteiger partial charge in [-0.15, -0.1) is 0 Å². The van der Waals surface area contributed by atoms with Crippen molar-refractivity contribution in [2.75, 3.05) is 14.2 Å². The summed E-state index contributed by atoms with van der Waals surface area (Å²) in [6.45, 7) is 1.94. The maximum Gasteiger partial charge on any atom is 0.334 e. The summed E-state index contributed by atoms with van der Waals surface area (Å²) in [6, 6.07) is 4.66. The minimum Gasteiger partial charge on any atom is -0.398 e. The van der Waals surface area contributed by atoms with Gasteiger partial charge in [0, 0.05) is 14.2 Å². The van der Waals surface area contributed by atoms with Gasteiger partial charge < -0.3 is 8.85 Å². The van der Waals surface area contributed by atoms with Crippen molar-refractivity contribution in [3.05, 3.63) is 35.4 Å². The Bertz CT molecular complexity index is 354. The zero-order valence-electron chi connectivity index (χ0n) is 9.72. The van der Waals surface area contributed by atoms with Gasteiger partial charge in [0.05, 0.1) is 0 Å². The lowest BCUT2D eigenvalue weighted by Crippen LogP contribution is -2.36. The van der Waals surface area contributed by atoms with Crippen molar-refractivity contribution in [2.45, 2.75) is 19.0 Å². The van der Waals surface area contributed by atoms with Crippen LogP contribution in [0.25, 0.3) is 0 Å². The van der Waals surface area contributed by atoms with E-state index in [1.54, 1.807) is 20.3 Å². The molecule has 0 heterocycles. The molecule has 0 saturated carbocycles. The molecule has 16 heavy (non-hydrogen) atoms. The highest BCUT2D eigenvalue weighted by Crippen LogP contribution is 2.17. The van der Waals surface area contributed by atoms with E-state index >= 15 is 0 Å². The number of rotatable bonds is 5. The summed E-state index contributed by atoms with van der Waals surface area (Å²) in [7, 11) is 1.10. The van der Waals surface area contributed by atoms with E-state index in [1.165, 1.54) is 6.07 Å². The molecule has 5 heteroatoms. The molecule has 0 bridgehead atoms. The third-order valence-corrected chi connectivity index (χ3v) is 5.60. The van der Waals surface area contributed by atoms with Crippen molar-refractivity contribution in [1.82, 2.24) is 0 Å². The van der Waals surface area contributed by atoms with Gasteiger partial charge in [0.15, 0.2) is 11.6 Å². The molecule has 0 amide bonds. The van der Waals surface area contributed by atoms with Crippen LogP contribution in [0.1, 0.15) is 5.56 Å². The molecule has 0 saturated heterocycles. The summed E-state index contributed by atoms with van der Waals surface area (Å²) in [4.78, 5) is 0. The van der Waals surface area contributed by atoms with Crippen LogP contribution in [0.3, 0.4) is 0 Å². The van der Waals surface area contributed by atoms with Gasteiger partial charge >= 0.3 is 8.56 Å². The Balaban J connectivity index is 2.64. The summed E-state index contributed by atoms with van der Waals surface area (Å²) in [5, 5.41) is 0. The second kappa shape index (κ2) is 5.52. The van der Waals surface area contributed by atoms with Crippen LogP contribution in [-0.2, 0) is 15.3 Å². The average molecular weight is 246 g/mol. The average Bonchev–Trinajstić information content (AvgIpc) is 2.30. The van der Waals surface area contributed by atoms with Gasteiger partial charge in [0.1, 0.15) is 0 Å². The maximum absolute atomic E-state index is 12.9. The third kappa shape index (κ3) is 3.36. The highest BCUT2D eigenvalue weighted by atomic mass is 28.4. The lowest BCUT2D eigenvalue weighted by Gasteiger charge is -2.22. The normalized spacial score (nSPS) is 11.8. The summed E-state index contributed by atoms with van der Waals surface area (Å²) in [5.74, 6) is -1.63. The van der Waals surface area contributed by atoms with E-state index in [4.69, 9.17) is 8.85 Å². The quantitative estimate of drug-likeness (QED) is 0.744. The number of halogens is 2. The fourth-order valence-corrected chi connectivity index (χ4v) is 2.67. The standard InChI is InChI=1S/C11H16F2O2Si/c1-14-16(3,15-2)7-6-9-4-5-10(12)11(13)8-9/h4-5,8H,6-7H2,1-3H3. The molecule has 1 aromatic rings. The topological polar surface area (TPSA) is 18.5 Å². The number of benzene rings is 1. The summed E-state index contributed by atoms with van der Waals surface area (Å²) >= 11 is 0. The van der Waals surface area contributed by atoms with Crippen molar-refractivity contribution >= 4 is 8.56 Å². The monoisotopic (exact) mass is 246 g/mol. The van der Waals surface area contributed by atoms with Gasteiger partial charge in [-0.1, -0.05) is 6.07 Å². The molecule has 0 fully saturated rings. The molecule has 0 aliphatic heterocycles. The van der Waals surface area contributed by atoms with E-state index in [2.05, 4.69) is 0 Å². The predicted molar refractivity (Wildman–Crippen MR) is 60.5 cm³/mol. The Morgan fingerprint density at radius 3 is 2.25 bits per heavy atom. The van der Waals surface area contributed by atoms with Crippen LogP contribution in [0.4, 0.5) is 8.78 Å². The first-order valence-electron chi connectivity index (χ1n) is 5.05. The lowest BCUT2D eigenvalue weighted by molar-refractivity contribution is 0.249. The van der Waals surface area contributed by atoms with Gasteiger partial charge in [-0.3, -0.25) is 0 Å². The van der Waals surface area contributed by atoms with Crippen LogP contribution in [-0.4, -0.2) is 22.8 Å². The van der Waals surface area contributed by atoms with E-state index in [0.717, 1.165) is 11.6 Å². The first-order valence-corrected chi connectivity index (χ1v) is 7.57. The van der Waals surface area contributed by atoms with Crippen molar-refractivity contribution in [2.24, 2.45) is 0 Å². The van der Waals surface area contributed by atoms with Crippen molar-refractivity contribution in [3.8, 4) is 0 Å². The Kier molecular flexibility index (Phi) is 4.58. The summed E-state index contributed by atoms with van der Waals surface area (Å²) in [6.07, 6.45) is 0.627. The molecule has 1 rings (SSSR count). The van der Waals surface area contributed by atoms with E-state index in [0.29, 0.717) is 12.5 Å². The predicted octanol–water partition coefficient (Wildman–Crippen LogP) is 2.87. The molecule has 0 aromatic heterocycles. The van der Waals surface area contributed by atoms with Crippen LogP contribution in [0, 0.1) is 11.6 Å². The molecule has 1 aromatic carbocycles. The minimum absolute atomic E-state index is 0.627. The second-order valence-electron chi connectivity index (χ2n) is 3.79. The molecule has 90 valence electrons. The van der Waals surface area contributed by atoms with Gasteiger partial charge in [0.25, 0.3) is 0 Å². The zero-order chi connectivity index (χ0) is 12.2. The maximum atomic E-state index is 12.9. The molecular weight excluding hydrogens is 230 g/mol. The van der Waals surface area contributed by atoms with Crippen LogP contribution >= 0.6 is 0 Å². The first kappa shape index (κ1) is 13.3. The Hall–Kier alpha value is -0.783. The van der Waals surface area contributed by atoms with Gasteiger partial charge in [-0.25, -0.2) is 8.78 Å². The molecule has 0 spiro atoms. The number of aryl methyl sites for hydroxylation is 1. The van der Waals surface area contributed by atoms with Crippen molar-refractivity contribution in [1.29, 1.82) is 0 Å². The van der Waals surface area contributed by atoms with Gasteiger partial charge in [0.2, 0.25) is 0 Å². The third-order valence-electron chi connectivity index (χ3n) is 2.72. The summed E-state index contributed by atoms with van der Waals surface area (Å²) < 4.78 is 36.2. The first-order chi connectivity index (χ1) is 7.50. The fraction of sp³-hybridized carbons (Fsp3) is 0.455. The highest BCUT2D eigenvalue weighted by Gasteiger charge is 2.28. The molecule has 0 aliphatic rings. The van der Waals surface area contributed by atoms with Crippen LogP contribution in [0.5, 0.6) is 0 Å². The largest absolute Gasteiger partial charge is 0.398 e. The van der Waals surface area contributed by atoms with E-state index < -0.39 is 20.2 Å². The van der Waals surface area contributed by atoms with Crippen molar-refractivity contribution < 1.29 is 17.6 Å². The lowest BCUT2D eigenvalue weighted by atomic mass is 10.2. The molecule has 0 radical (unpaired) electrons. The van der Waals surface area contributed by atoms with Crippen LogP contribution in [0.15, 0.2) is 18.2 Å². The minimum atomic E-state index is -2.13. The molecular formula is C11H16F2O2Si. The Morgan fingerprint density at radius 2 is 1.75 bits per heavy atom.